The number of hydrogen-bond donors (Lipinski definition) is 0. The average Bonchev–Trinajstić information content (AvgIpc) is 2.60. The minimum atomic E-state index is -0.0147. The zero-order valence-corrected chi connectivity index (χ0v) is 12.4. The van der Waals surface area contributed by atoms with E-state index in [1.807, 2.05) is 0 Å². The van der Waals surface area contributed by atoms with Gasteiger partial charge in [0.1, 0.15) is 5.82 Å². The van der Waals surface area contributed by atoms with Crippen LogP contribution in [-0.2, 0) is 5.41 Å². The largest absolute Gasteiger partial charge is 0.298 e. The maximum absolute atomic E-state index is 6.15. The van der Waals surface area contributed by atoms with E-state index >= 15 is 0 Å². The van der Waals surface area contributed by atoms with Crippen molar-refractivity contribution in [1.82, 2.24) is 14.8 Å². The van der Waals surface area contributed by atoms with Gasteiger partial charge in [-0.05, 0) is 24.9 Å². The SMILES string of the molecule is CCCCCC(C)n1c(Cl)nnc1C(C)(C)C. The molecule has 1 rings (SSSR count). The molecule has 0 aliphatic heterocycles. The molecular weight excluding hydrogens is 234 g/mol. The van der Waals surface area contributed by atoms with Crippen LogP contribution in [0.15, 0.2) is 0 Å². The molecular formula is C13H24ClN3. The summed E-state index contributed by atoms with van der Waals surface area (Å²) in [5.41, 5.74) is -0.0147. The lowest BCUT2D eigenvalue weighted by atomic mass is 9.95. The Morgan fingerprint density at radius 1 is 1.24 bits per heavy atom. The van der Waals surface area contributed by atoms with Gasteiger partial charge in [-0.2, -0.15) is 0 Å². The van der Waals surface area contributed by atoms with E-state index in [2.05, 4.69) is 49.4 Å². The van der Waals surface area contributed by atoms with Crippen molar-refractivity contribution in [3.05, 3.63) is 11.1 Å². The number of rotatable bonds is 5. The van der Waals surface area contributed by atoms with E-state index in [0.29, 0.717) is 11.3 Å². The first-order chi connectivity index (χ1) is 7.88. The number of hydrogen-bond acceptors (Lipinski definition) is 2. The van der Waals surface area contributed by atoms with E-state index in [1.54, 1.807) is 0 Å². The van der Waals surface area contributed by atoms with Gasteiger partial charge in [0, 0.05) is 11.5 Å². The van der Waals surface area contributed by atoms with Gasteiger partial charge in [-0.25, -0.2) is 0 Å². The maximum atomic E-state index is 6.15. The third kappa shape index (κ3) is 3.70. The van der Waals surface area contributed by atoms with Crippen LogP contribution in [0, 0.1) is 0 Å². The summed E-state index contributed by atoms with van der Waals surface area (Å²) in [7, 11) is 0. The molecule has 0 amide bonds. The average molecular weight is 258 g/mol. The highest BCUT2D eigenvalue weighted by Gasteiger charge is 2.25. The molecule has 0 saturated carbocycles. The van der Waals surface area contributed by atoms with Gasteiger partial charge in [0.05, 0.1) is 0 Å². The first kappa shape index (κ1) is 14.5. The van der Waals surface area contributed by atoms with Crippen LogP contribution in [0.1, 0.15) is 72.2 Å². The molecule has 0 bridgehead atoms. The van der Waals surface area contributed by atoms with Crippen LogP contribution >= 0.6 is 11.6 Å². The fourth-order valence-electron chi connectivity index (χ4n) is 1.99. The molecule has 0 aliphatic carbocycles. The van der Waals surface area contributed by atoms with Gasteiger partial charge in [0.15, 0.2) is 0 Å². The van der Waals surface area contributed by atoms with Crippen LogP contribution in [0.5, 0.6) is 0 Å². The van der Waals surface area contributed by atoms with Gasteiger partial charge in [-0.3, -0.25) is 4.57 Å². The standard InChI is InChI=1S/C13H24ClN3/c1-6-7-8-9-10(2)17-11(13(3,4)5)15-16-12(17)14/h10H,6-9H2,1-5H3. The van der Waals surface area contributed by atoms with E-state index in [-0.39, 0.29) is 5.41 Å². The Balaban J connectivity index is 2.85. The second-order valence-corrected chi connectivity index (χ2v) is 6.10. The van der Waals surface area contributed by atoms with Crippen LogP contribution in [0.4, 0.5) is 0 Å². The molecule has 0 N–H and O–H groups in total. The van der Waals surface area contributed by atoms with Gasteiger partial charge in [0.25, 0.3) is 0 Å². The predicted octanol–water partition coefficient (Wildman–Crippen LogP) is 4.37. The van der Waals surface area contributed by atoms with Crippen molar-refractivity contribution >= 4 is 11.6 Å². The van der Waals surface area contributed by atoms with E-state index in [9.17, 15) is 0 Å². The third-order valence-corrected chi connectivity index (χ3v) is 3.25. The summed E-state index contributed by atoms with van der Waals surface area (Å²) < 4.78 is 2.08. The number of halogens is 1. The highest BCUT2D eigenvalue weighted by molar-refractivity contribution is 6.28. The van der Waals surface area contributed by atoms with Crippen molar-refractivity contribution in [3.63, 3.8) is 0 Å². The zero-order chi connectivity index (χ0) is 13.1. The Kier molecular flexibility index (Phi) is 4.99. The molecule has 0 fully saturated rings. The second kappa shape index (κ2) is 5.85. The first-order valence-electron chi connectivity index (χ1n) is 6.48. The topological polar surface area (TPSA) is 30.7 Å². The molecule has 1 atom stereocenters. The number of aromatic nitrogens is 3. The molecule has 98 valence electrons. The molecule has 0 aromatic carbocycles. The molecule has 0 saturated heterocycles. The van der Waals surface area contributed by atoms with Gasteiger partial charge in [-0.15, -0.1) is 10.2 Å². The lowest BCUT2D eigenvalue weighted by molar-refractivity contribution is 0.421. The van der Waals surface area contributed by atoms with Crippen LogP contribution in [0.3, 0.4) is 0 Å². The van der Waals surface area contributed by atoms with Gasteiger partial charge in [-0.1, -0.05) is 47.0 Å². The second-order valence-electron chi connectivity index (χ2n) is 5.76. The lowest BCUT2D eigenvalue weighted by Crippen LogP contribution is -2.21. The highest BCUT2D eigenvalue weighted by Crippen LogP contribution is 2.28. The predicted molar refractivity (Wildman–Crippen MR) is 72.6 cm³/mol. The minimum absolute atomic E-state index is 0.0147. The fraction of sp³-hybridized carbons (Fsp3) is 0.846. The molecule has 1 aromatic heterocycles. The molecule has 3 nitrogen and oxygen atoms in total. The van der Waals surface area contributed by atoms with Crippen molar-refractivity contribution in [2.24, 2.45) is 0 Å². The minimum Gasteiger partial charge on any atom is -0.298 e. The molecule has 0 radical (unpaired) electrons. The molecule has 1 unspecified atom stereocenters. The van der Waals surface area contributed by atoms with E-state index in [4.69, 9.17) is 11.6 Å². The smallest absolute Gasteiger partial charge is 0.225 e. The van der Waals surface area contributed by atoms with Gasteiger partial charge < -0.3 is 0 Å². The molecule has 0 aliphatic rings. The summed E-state index contributed by atoms with van der Waals surface area (Å²) in [5.74, 6) is 0.978. The van der Waals surface area contributed by atoms with Gasteiger partial charge in [0.2, 0.25) is 5.28 Å². The van der Waals surface area contributed by atoms with Gasteiger partial charge >= 0.3 is 0 Å². The van der Waals surface area contributed by atoms with Crippen molar-refractivity contribution < 1.29 is 0 Å². The number of unbranched alkanes of at least 4 members (excludes halogenated alkanes) is 2. The van der Waals surface area contributed by atoms with E-state index in [1.165, 1.54) is 19.3 Å². The highest BCUT2D eigenvalue weighted by atomic mass is 35.5. The quantitative estimate of drug-likeness (QED) is 0.734. The summed E-state index contributed by atoms with van der Waals surface area (Å²) in [6, 6.07) is 0.373. The summed E-state index contributed by atoms with van der Waals surface area (Å²) >= 11 is 6.15. The molecule has 1 heterocycles. The summed E-state index contributed by atoms with van der Waals surface area (Å²) in [6.45, 7) is 10.8. The van der Waals surface area contributed by atoms with Crippen LogP contribution < -0.4 is 0 Å². The Morgan fingerprint density at radius 2 is 1.88 bits per heavy atom. The molecule has 17 heavy (non-hydrogen) atoms. The zero-order valence-electron chi connectivity index (χ0n) is 11.6. The van der Waals surface area contributed by atoms with Crippen LogP contribution in [0.2, 0.25) is 5.28 Å². The third-order valence-electron chi connectivity index (χ3n) is 2.99. The Labute approximate surface area is 110 Å². The van der Waals surface area contributed by atoms with Crippen molar-refractivity contribution in [2.45, 2.75) is 71.8 Å². The summed E-state index contributed by atoms with van der Waals surface area (Å²) in [6.07, 6.45) is 4.88. The Hall–Kier alpha value is -0.570. The Bertz CT molecular complexity index is 352. The molecule has 0 spiro atoms. The van der Waals surface area contributed by atoms with E-state index in [0.717, 1.165) is 12.2 Å². The Morgan fingerprint density at radius 3 is 2.41 bits per heavy atom. The van der Waals surface area contributed by atoms with Crippen LogP contribution in [0.25, 0.3) is 0 Å². The summed E-state index contributed by atoms with van der Waals surface area (Å²) in [4.78, 5) is 0. The van der Waals surface area contributed by atoms with E-state index < -0.39 is 0 Å². The normalized spacial score (nSPS) is 14.0. The lowest BCUT2D eigenvalue weighted by Gasteiger charge is -2.23. The first-order valence-corrected chi connectivity index (χ1v) is 6.86. The summed E-state index contributed by atoms with van der Waals surface area (Å²) in [5, 5.41) is 8.74. The number of nitrogens with zero attached hydrogens (tertiary/aromatic N) is 3. The molecule has 1 aromatic rings. The monoisotopic (exact) mass is 257 g/mol. The van der Waals surface area contributed by atoms with Crippen LogP contribution in [-0.4, -0.2) is 14.8 Å². The molecule has 4 heteroatoms. The fourth-order valence-corrected chi connectivity index (χ4v) is 2.28. The maximum Gasteiger partial charge on any atom is 0.225 e. The van der Waals surface area contributed by atoms with Crippen molar-refractivity contribution in [3.8, 4) is 0 Å². The van der Waals surface area contributed by atoms with Crippen molar-refractivity contribution in [1.29, 1.82) is 0 Å². The van der Waals surface area contributed by atoms with Crippen molar-refractivity contribution in [2.75, 3.05) is 0 Å².